The first kappa shape index (κ1) is 60.9. The van der Waals surface area contributed by atoms with Crippen LogP contribution in [0.2, 0.25) is 0 Å². The highest BCUT2D eigenvalue weighted by atomic mass is 32.3. The van der Waals surface area contributed by atoms with Crippen LogP contribution in [0.1, 0.15) is 132 Å². The Bertz CT molecular complexity index is 4650. The van der Waals surface area contributed by atoms with E-state index >= 15 is 0 Å². The van der Waals surface area contributed by atoms with Crippen LogP contribution in [-0.2, 0) is 27.1 Å². The third kappa shape index (κ3) is 10.5. The van der Waals surface area contributed by atoms with E-state index in [2.05, 4.69) is 355 Å². The molecule has 0 amide bonds. The van der Waals surface area contributed by atoms with E-state index in [0.29, 0.717) is 0 Å². The normalized spacial score (nSPS) is 13.7. The third-order valence-corrected chi connectivity index (χ3v) is 24.3. The summed E-state index contributed by atoms with van der Waals surface area (Å²) in [5.74, 6) is 0. The molecule has 2 aromatic heterocycles. The molecule has 4 heterocycles. The van der Waals surface area contributed by atoms with Gasteiger partial charge in [0, 0.05) is 91.5 Å². The lowest BCUT2D eigenvalue weighted by atomic mass is 9.36. The average Bonchev–Trinajstić information content (AvgIpc) is 1.16. The number of pyridine rings is 1. The van der Waals surface area contributed by atoms with Gasteiger partial charge in [0.15, 0.2) is 0 Å². The molecule has 92 heavy (non-hydrogen) atoms. The highest BCUT2D eigenvalue weighted by molar-refractivity contribution is 8.34. The molecule has 0 atom stereocenters. The quantitative estimate of drug-likeness (QED) is 0.134. The highest BCUT2D eigenvalue weighted by Gasteiger charge is 2.48. The van der Waals surface area contributed by atoms with Crippen molar-refractivity contribution in [3.63, 3.8) is 0 Å². The Morgan fingerprint density at radius 1 is 0.380 bits per heavy atom. The van der Waals surface area contributed by atoms with E-state index in [1.165, 1.54) is 90.2 Å². The SMILES string of the molecule is CC(C)(C)c1ccc(N(c2ccc(C(C)(C)C)cc2)c2ccc3c(c2)N(c2ccc(C(C)(C)C)cc2)c2cc(S(c4ccccc4)(c4ccccc4)c4ccc5ncccc5c4)cc4c2B3c2sc3ccc(C(C)(C)C)cc3c2N4c2ccc(C(C)(C)C)cc2)cc1. The summed E-state index contributed by atoms with van der Waals surface area (Å²) in [6.45, 7) is 34.6. The molecule has 12 aromatic rings. The monoisotopic (exact) mass is 1240 g/mol. The van der Waals surface area contributed by atoms with E-state index in [1.807, 2.05) is 17.5 Å². The third-order valence-electron chi connectivity index (χ3n) is 19.2. The average molecular weight is 1240 g/mol. The van der Waals surface area contributed by atoms with Crippen molar-refractivity contribution in [3.05, 3.63) is 271 Å². The molecule has 7 heteroatoms. The molecule has 0 saturated heterocycles. The number of nitrogens with zero attached hydrogens (tertiary/aromatic N) is 4. The Balaban J connectivity index is 1.15. The molecular formula is C85H85BN4S2. The first-order valence-electron chi connectivity index (χ1n) is 32.8. The van der Waals surface area contributed by atoms with Crippen LogP contribution >= 0.6 is 21.4 Å². The summed E-state index contributed by atoms with van der Waals surface area (Å²) in [5.41, 5.74) is 20.2. The maximum absolute atomic E-state index is 4.91. The van der Waals surface area contributed by atoms with Gasteiger partial charge in [-0.15, -0.1) is 21.4 Å². The maximum Gasteiger partial charge on any atom is 0.264 e. The van der Waals surface area contributed by atoms with Crippen molar-refractivity contribution in [2.75, 3.05) is 14.7 Å². The van der Waals surface area contributed by atoms with Gasteiger partial charge in [0.25, 0.3) is 6.71 Å². The number of benzene rings is 10. The first-order chi connectivity index (χ1) is 43.8. The van der Waals surface area contributed by atoms with Crippen LogP contribution in [-0.4, -0.2) is 11.7 Å². The summed E-state index contributed by atoms with van der Waals surface area (Å²) >= 11 is 1.97. The smallest absolute Gasteiger partial charge is 0.264 e. The van der Waals surface area contributed by atoms with Crippen molar-refractivity contribution in [1.82, 2.24) is 4.98 Å². The van der Waals surface area contributed by atoms with Gasteiger partial charge in [-0.05, 0) is 199 Å². The lowest BCUT2D eigenvalue weighted by molar-refractivity contribution is 0.590. The van der Waals surface area contributed by atoms with Gasteiger partial charge in [-0.1, -0.05) is 207 Å². The van der Waals surface area contributed by atoms with Gasteiger partial charge in [-0.2, -0.15) is 0 Å². The minimum Gasteiger partial charge on any atom is -0.311 e. The molecule has 14 rings (SSSR count). The van der Waals surface area contributed by atoms with Crippen LogP contribution in [0, 0.1) is 0 Å². The van der Waals surface area contributed by atoms with Gasteiger partial charge in [0.05, 0.1) is 11.2 Å². The Morgan fingerprint density at radius 3 is 1.36 bits per heavy atom. The Hall–Kier alpha value is -8.62. The molecule has 0 unspecified atom stereocenters. The zero-order valence-electron chi connectivity index (χ0n) is 56.3. The summed E-state index contributed by atoms with van der Waals surface area (Å²) in [4.78, 5) is 17.7. The predicted molar refractivity (Wildman–Crippen MR) is 399 cm³/mol. The molecule has 0 bridgehead atoms. The van der Waals surface area contributed by atoms with Crippen LogP contribution in [0.4, 0.5) is 51.2 Å². The maximum atomic E-state index is 4.91. The van der Waals surface area contributed by atoms with E-state index in [0.717, 1.165) is 45.0 Å². The number of hydrogen-bond donors (Lipinski definition) is 0. The number of thiophene rings is 1. The lowest BCUT2D eigenvalue weighted by Crippen LogP contribution is -2.60. The van der Waals surface area contributed by atoms with Gasteiger partial charge in [-0.3, -0.25) is 4.98 Å². The number of hydrogen-bond acceptors (Lipinski definition) is 5. The summed E-state index contributed by atoms with van der Waals surface area (Å²) < 4.78 is 2.64. The van der Waals surface area contributed by atoms with Crippen LogP contribution < -0.4 is 30.4 Å². The fraction of sp³-hybridized carbons (Fsp3) is 0.235. The van der Waals surface area contributed by atoms with Crippen molar-refractivity contribution in [2.45, 2.75) is 151 Å². The van der Waals surface area contributed by atoms with E-state index in [4.69, 9.17) is 4.98 Å². The van der Waals surface area contributed by atoms with E-state index < -0.39 is 10.0 Å². The number of rotatable bonds is 9. The van der Waals surface area contributed by atoms with Gasteiger partial charge in [0.1, 0.15) is 0 Å². The molecule has 460 valence electrons. The summed E-state index contributed by atoms with van der Waals surface area (Å²) in [6.07, 6.45) is 1.91. The Morgan fingerprint density at radius 2 is 0.848 bits per heavy atom. The highest BCUT2D eigenvalue weighted by Crippen LogP contribution is 2.74. The zero-order valence-corrected chi connectivity index (χ0v) is 57.9. The van der Waals surface area contributed by atoms with Crippen molar-refractivity contribution < 1.29 is 0 Å². The van der Waals surface area contributed by atoms with E-state index in [1.54, 1.807) is 0 Å². The zero-order chi connectivity index (χ0) is 64.4. The molecule has 0 radical (unpaired) electrons. The van der Waals surface area contributed by atoms with Gasteiger partial charge >= 0.3 is 0 Å². The molecule has 2 aliphatic heterocycles. The fourth-order valence-corrected chi connectivity index (χ4v) is 19.2. The van der Waals surface area contributed by atoms with Crippen LogP contribution in [0.15, 0.2) is 262 Å². The number of fused-ring (bicyclic) bond motifs is 7. The molecule has 0 aliphatic carbocycles. The van der Waals surface area contributed by atoms with Crippen molar-refractivity contribution in [3.8, 4) is 0 Å². The summed E-state index contributed by atoms with van der Waals surface area (Å²) in [7, 11) is -2.34. The molecule has 0 fully saturated rings. The van der Waals surface area contributed by atoms with E-state index in [9.17, 15) is 0 Å². The molecular weight excluding hydrogens is 1150 g/mol. The molecule has 2 aliphatic rings. The van der Waals surface area contributed by atoms with Crippen molar-refractivity contribution in [2.24, 2.45) is 0 Å². The second kappa shape index (κ2) is 22.3. The first-order valence-corrected chi connectivity index (χ1v) is 35.2. The molecule has 0 saturated carbocycles. The topological polar surface area (TPSA) is 22.6 Å². The number of aromatic nitrogens is 1. The van der Waals surface area contributed by atoms with Crippen LogP contribution in [0.3, 0.4) is 0 Å². The summed E-state index contributed by atoms with van der Waals surface area (Å²) in [6, 6.07) is 91.8. The molecule has 10 aromatic carbocycles. The largest absolute Gasteiger partial charge is 0.311 e. The van der Waals surface area contributed by atoms with E-state index in [-0.39, 0.29) is 33.8 Å². The minimum atomic E-state index is -2.34. The predicted octanol–water partition coefficient (Wildman–Crippen LogP) is 22.8. The number of anilines is 9. The molecule has 4 nitrogen and oxygen atoms in total. The molecule has 0 N–H and O–H groups in total. The van der Waals surface area contributed by atoms with Crippen LogP contribution in [0.5, 0.6) is 0 Å². The van der Waals surface area contributed by atoms with Gasteiger partial charge < -0.3 is 14.7 Å². The van der Waals surface area contributed by atoms with Gasteiger partial charge in [0.2, 0.25) is 0 Å². The molecule has 0 spiro atoms. The second-order valence-electron chi connectivity index (χ2n) is 30.6. The fourth-order valence-electron chi connectivity index (χ4n) is 14.0. The minimum absolute atomic E-state index is 0.00524. The van der Waals surface area contributed by atoms with Crippen LogP contribution in [0.25, 0.3) is 21.0 Å². The Kier molecular flexibility index (Phi) is 14.8. The van der Waals surface area contributed by atoms with Crippen molar-refractivity contribution in [1.29, 1.82) is 0 Å². The van der Waals surface area contributed by atoms with Gasteiger partial charge in [-0.25, -0.2) is 0 Å². The van der Waals surface area contributed by atoms with Crippen molar-refractivity contribution >= 4 is 116 Å². The summed E-state index contributed by atoms with van der Waals surface area (Å²) in [5, 5.41) is 2.40. The Labute approximate surface area is 553 Å². The second-order valence-corrected chi connectivity index (χ2v) is 34.8. The lowest BCUT2D eigenvalue weighted by Gasteiger charge is -2.47. The standard InChI is InChI=1S/C85H85BN4S2/c1-81(2,3)57-28-37-62(38-29-57)88(63-39-30-58(31-40-63)82(4,5)6)66-45-47-72-74(53-66)89(64-41-32-59(33-42-64)83(7,8)9)75-54-70(92(67-24-18-16-19-25-67,68-26-20-17-21-27-68)69-46-48-73-56(51-69)23-22-50-87-73)55-76-78(75)86(72)80-79(71-52-61(85(13,14)15)36-49-77(71)91-80)90(76)65-43-34-60(35-44-65)84(10,11)12/h16-55H,1-15H3.